The molecule has 2 aliphatic carbocycles. The number of carbonyl (C=O) groups is 2. The molecule has 2 heterocycles. The molecule has 2 unspecified atom stereocenters. The molecule has 0 aromatic heterocycles. The lowest BCUT2D eigenvalue weighted by molar-refractivity contribution is -0.120. The Morgan fingerprint density at radius 2 is 1.02 bits per heavy atom. The van der Waals surface area contributed by atoms with Crippen molar-refractivity contribution in [2.45, 2.75) is 34.5 Å². The maximum Gasteiger partial charge on any atom is 0.238 e. The first kappa shape index (κ1) is 34.7. The molecule has 4 nitrogen and oxygen atoms in total. The molecule has 53 heavy (non-hydrogen) atoms. The SMILES string of the molecule is CN1C(=O)C2(CC2(c2ccccc2)c2ccccc2)c2cc(Br)cc(Br)c21.O=C1Nc2c(Br)cc(Cl)cc2C12CC2(c1ccccc1)c1ccccc1. The van der Waals surface area contributed by atoms with E-state index in [1.54, 1.807) is 0 Å². The van der Waals surface area contributed by atoms with Gasteiger partial charge in [0.25, 0.3) is 0 Å². The quantitative estimate of drug-likeness (QED) is 0.192. The molecule has 2 atom stereocenters. The van der Waals surface area contributed by atoms with Crippen LogP contribution in [0.5, 0.6) is 0 Å². The molecule has 1 N–H and O–H groups in total. The van der Waals surface area contributed by atoms with Gasteiger partial charge < -0.3 is 10.2 Å². The molecule has 2 fully saturated rings. The Balaban J connectivity index is 0.000000141. The Morgan fingerprint density at radius 1 is 0.566 bits per heavy atom. The number of anilines is 2. The van der Waals surface area contributed by atoms with Gasteiger partial charge in [0.1, 0.15) is 0 Å². The maximum absolute atomic E-state index is 13.7. The van der Waals surface area contributed by atoms with E-state index in [2.05, 4.69) is 132 Å². The van der Waals surface area contributed by atoms with E-state index in [-0.39, 0.29) is 22.6 Å². The van der Waals surface area contributed by atoms with Crippen LogP contribution in [0, 0.1) is 0 Å². The smallest absolute Gasteiger partial charge is 0.238 e. The second-order valence-electron chi connectivity index (χ2n) is 14.4. The zero-order valence-corrected chi connectivity index (χ0v) is 34.1. The summed E-state index contributed by atoms with van der Waals surface area (Å²) in [6, 6.07) is 49.4. The predicted molar refractivity (Wildman–Crippen MR) is 223 cm³/mol. The first-order chi connectivity index (χ1) is 25.6. The molecular weight excluding hydrogens is 876 g/mol. The van der Waals surface area contributed by atoms with E-state index >= 15 is 0 Å². The van der Waals surface area contributed by atoms with Crippen molar-refractivity contribution in [2.24, 2.45) is 0 Å². The molecule has 2 amide bonds. The van der Waals surface area contributed by atoms with E-state index in [4.69, 9.17) is 11.6 Å². The summed E-state index contributed by atoms with van der Waals surface area (Å²) in [7, 11) is 1.88. The third-order valence-corrected chi connectivity index (χ3v) is 13.9. The van der Waals surface area contributed by atoms with Crippen molar-refractivity contribution in [3.05, 3.63) is 197 Å². The molecule has 2 spiro atoms. The van der Waals surface area contributed by atoms with Gasteiger partial charge in [0.05, 0.1) is 22.2 Å². The van der Waals surface area contributed by atoms with Crippen LogP contribution in [0.1, 0.15) is 46.2 Å². The highest BCUT2D eigenvalue weighted by atomic mass is 79.9. The van der Waals surface area contributed by atoms with Gasteiger partial charge in [0, 0.05) is 36.3 Å². The maximum atomic E-state index is 13.7. The summed E-state index contributed by atoms with van der Waals surface area (Å²) in [6.07, 6.45) is 1.52. The number of benzene rings is 6. The molecule has 6 aromatic carbocycles. The summed E-state index contributed by atoms with van der Waals surface area (Å²) >= 11 is 17.2. The van der Waals surface area contributed by atoms with E-state index in [0.29, 0.717) is 5.02 Å². The van der Waals surface area contributed by atoms with Crippen LogP contribution in [0.4, 0.5) is 11.4 Å². The summed E-state index contributed by atoms with van der Waals surface area (Å²) in [6.45, 7) is 0. The highest BCUT2D eigenvalue weighted by Crippen LogP contribution is 2.74. The lowest BCUT2D eigenvalue weighted by atomic mass is 9.77. The molecule has 4 aliphatic rings. The van der Waals surface area contributed by atoms with E-state index in [1.807, 2.05) is 78.7 Å². The largest absolute Gasteiger partial charge is 0.324 e. The number of hydrogen-bond donors (Lipinski definition) is 1. The standard InChI is InChI=1S/C23H17Br2NO.C22H15BrClNO/c1-26-20-18(12-17(24)13-19(20)25)23(21(26)27)14-22(23,15-8-4-2-5-9-15)16-10-6-3-7-11-16;23-18-12-16(24)11-17-19(18)25-20(26)22(17)13-21(22,14-7-3-1-4-8-14)15-9-5-2-6-10-15/h2-13H,14H2,1H3;1-12H,13H2,(H,25,26). The number of likely N-dealkylation sites (N-methyl/N-ethyl adjacent to an activating group) is 1. The monoisotopic (exact) mass is 904 g/mol. The third-order valence-electron chi connectivity index (χ3n) is 12.0. The summed E-state index contributed by atoms with van der Waals surface area (Å²) in [5.41, 5.74) is 6.70. The zero-order valence-electron chi connectivity index (χ0n) is 28.5. The number of rotatable bonds is 4. The van der Waals surface area contributed by atoms with Crippen LogP contribution in [-0.2, 0) is 31.2 Å². The lowest BCUT2D eigenvalue weighted by Gasteiger charge is -2.24. The minimum atomic E-state index is -0.627. The highest BCUT2D eigenvalue weighted by molar-refractivity contribution is 9.11. The average Bonchev–Trinajstić information content (AvgIpc) is 4.04. The number of nitrogens with one attached hydrogen (secondary N) is 1. The second-order valence-corrected chi connectivity index (χ2v) is 17.4. The highest BCUT2D eigenvalue weighted by Gasteiger charge is 2.78. The van der Waals surface area contributed by atoms with E-state index < -0.39 is 10.8 Å². The predicted octanol–water partition coefficient (Wildman–Crippen LogP) is 11.5. The van der Waals surface area contributed by atoms with Crippen molar-refractivity contribution in [1.29, 1.82) is 0 Å². The third kappa shape index (κ3) is 4.76. The number of halogens is 4. The fourth-order valence-electron chi connectivity index (χ4n) is 9.62. The number of hydrogen-bond acceptors (Lipinski definition) is 2. The Morgan fingerprint density at radius 3 is 1.51 bits per heavy atom. The number of amides is 2. The first-order valence-corrected chi connectivity index (χ1v) is 20.2. The topological polar surface area (TPSA) is 49.4 Å². The zero-order chi connectivity index (χ0) is 36.8. The van der Waals surface area contributed by atoms with E-state index in [1.165, 1.54) is 11.1 Å². The van der Waals surface area contributed by atoms with Crippen molar-refractivity contribution >= 4 is 82.6 Å². The van der Waals surface area contributed by atoms with Crippen molar-refractivity contribution < 1.29 is 9.59 Å². The minimum absolute atomic E-state index is 0.0446. The molecule has 0 saturated heterocycles. The molecule has 2 saturated carbocycles. The first-order valence-electron chi connectivity index (χ1n) is 17.4. The van der Waals surface area contributed by atoms with Gasteiger partial charge in [0.15, 0.2) is 0 Å². The van der Waals surface area contributed by atoms with Gasteiger partial charge >= 0.3 is 0 Å². The van der Waals surface area contributed by atoms with Crippen molar-refractivity contribution in [2.75, 3.05) is 17.3 Å². The molecule has 2 aliphatic heterocycles. The Hall–Kier alpha value is -4.01. The molecule has 6 aromatic rings. The van der Waals surface area contributed by atoms with Gasteiger partial charge in [-0.25, -0.2) is 0 Å². The fourth-order valence-corrected chi connectivity index (χ4v) is 12.0. The van der Waals surface area contributed by atoms with Crippen LogP contribution >= 0.6 is 59.4 Å². The summed E-state index contributed by atoms with van der Waals surface area (Å²) < 4.78 is 2.76. The van der Waals surface area contributed by atoms with Gasteiger partial charge in [-0.2, -0.15) is 0 Å². The van der Waals surface area contributed by atoms with Gasteiger partial charge in [-0.3, -0.25) is 9.59 Å². The normalized spacial score (nSPS) is 22.2. The van der Waals surface area contributed by atoms with Gasteiger partial charge in [-0.05, 0) is 102 Å². The summed E-state index contributed by atoms with van der Waals surface area (Å²) in [5.74, 6) is 0.215. The Labute approximate surface area is 339 Å². The van der Waals surface area contributed by atoms with Crippen molar-refractivity contribution in [3.63, 3.8) is 0 Å². The lowest BCUT2D eigenvalue weighted by Crippen LogP contribution is -2.34. The van der Waals surface area contributed by atoms with Crippen LogP contribution in [0.25, 0.3) is 0 Å². The average molecular weight is 908 g/mol. The van der Waals surface area contributed by atoms with Crippen LogP contribution in [0.2, 0.25) is 5.02 Å². The molecule has 262 valence electrons. The summed E-state index contributed by atoms with van der Waals surface area (Å²) in [4.78, 5) is 28.7. The molecule has 0 bridgehead atoms. The minimum Gasteiger partial charge on any atom is -0.324 e. The number of nitrogens with zero attached hydrogens (tertiary/aromatic N) is 1. The summed E-state index contributed by atoms with van der Waals surface area (Å²) in [5, 5.41) is 3.73. The van der Waals surface area contributed by atoms with Crippen LogP contribution in [0.15, 0.2) is 159 Å². The van der Waals surface area contributed by atoms with Gasteiger partial charge in [-0.15, -0.1) is 0 Å². The van der Waals surface area contributed by atoms with E-state index in [0.717, 1.165) is 59.9 Å². The molecule has 8 heteroatoms. The molecule has 0 radical (unpaired) electrons. The Kier molecular flexibility index (Phi) is 8.21. The van der Waals surface area contributed by atoms with Crippen LogP contribution in [0.3, 0.4) is 0 Å². The van der Waals surface area contributed by atoms with Crippen molar-refractivity contribution in [3.8, 4) is 0 Å². The van der Waals surface area contributed by atoms with Crippen molar-refractivity contribution in [1.82, 2.24) is 0 Å². The van der Waals surface area contributed by atoms with Gasteiger partial charge in [0.2, 0.25) is 11.8 Å². The fraction of sp³-hybridized carbons (Fsp3) is 0.156. The number of fused-ring (bicyclic) bond motifs is 4. The van der Waals surface area contributed by atoms with E-state index in [9.17, 15) is 9.59 Å². The Bertz CT molecular complexity index is 2370. The molecule has 10 rings (SSSR count). The van der Waals surface area contributed by atoms with Crippen LogP contribution < -0.4 is 10.2 Å². The second kappa shape index (κ2) is 12.5. The number of carbonyl (C=O) groups excluding carboxylic acids is 2. The molecular formula is C45H32Br3ClN2O2. The van der Waals surface area contributed by atoms with Crippen LogP contribution in [-0.4, -0.2) is 18.9 Å². The van der Waals surface area contributed by atoms with Gasteiger partial charge in [-0.1, -0.05) is 149 Å².